The van der Waals surface area contributed by atoms with Gasteiger partial charge in [-0.3, -0.25) is 9.59 Å². The fourth-order valence-corrected chi connectivity index (χ4v) is 3.08. The normalized spacial score (nSPS) is 10.8. The Morgan fingerprint density at radius 3 is 2.33 bits per heavy atom. The largest absolute Gasteiger partial charge is 0.464 e. The summed E-state index contributed by atoms with van der Waals surface area (Å²) in [5.74, 6) is 0.833. The van der Waals surface area contributed by atoms with Crippen LogP contribution in [0.5, 0.6) is 0 Å². The molecule has 0 unspecified atom stereocenters. The monoisotopic (exact) mass is 418 g/mol. The van der Waals surface area contributed by atoms with Gasteiger partial charge >= 0.3 is 0 Å². The molecule has 0 saturated carbocycles. The van der Waals surface area contributed by atoms with Gasteiger partial charge in [0.2, 0.25) is 11.8 Å². The van der Waals surface area contributed by atoms with Gasteiger partial charge in [-0.2, -0.15) is 0 Å². The molecule has 0 spiro atoms. The second kappa shape index (κ2) is 12.1. The Balaban J connectivity index is 2.11. The van der Waals surface area contributed by atoms with E-state index < -0.39 is 0 Å². The Morgan fingerprint density at radius 2 is 1.73 bits per heavy atom. The third kappa shape index (κ3) is 7.63. The summed E-state index contributed by atoms with van der Waals surface area (Å²) in [6.45, 7) is 7.73. The number of carbonyl (C=O) groups is 2. The predicted octanol–water partition coefficient (Wildman–Crippen LogP) is 3.92. The van der Waals surface area contributed by atoms with Crippen molar-refractivity contribution in [2.75, 3.05) is 26.3 Å². The highest BCUT2D eigenvalue weighted by Gasteiger charge is 2.21. The molecule has 2 rings (SSSR count). The number of amides is 2. The maximum Gasteiger partial charge on any atom is 0.242 e. The van der Waals surface area contributed by atoms with Crippen molar-refractivity contribution in [1.82, 2.24) is 9.80 Å². The molecule has 0 N–H and O–H groups in total. The van der Waals surface area contributed by atoms with Crippen LogP contribution in [-0.4, -0.2) is 47.9 Å². The van der Waals surface area contributed by atoms with E-state index in [9.17, 15) is 14.0 Å². The van der Waals surface area contributed by atoms with E-state index in [1.165, 1.54) is 12.1 Å². The summed E-state index contributed by atoms with van der Waals surface area (Å²) in [6.07, 6.45) is 0.999. The van der Waals surface area contributed by atoms with Crippen molar-refractivity contribution in [3.8, 4) is 0 Å². The molecular formula is C23H31FN2O4. The molecule has 1 heterocycles. The van der Waals surface area contributed by atoms with Crippen LogP contribution in [0.25, 0.3) is 0 Å². The van der Waals surface area contributed by atoms with Crippen LogP contribution in [0.3, 0.4) is 0 Å². The summed E-state index contributed by atoms with van der Waals surface area (Å²) >= 11 is 0. The van der Waals surface area contributed by atoms with Gasteiger partial charge in [0.05, 0.1) is 13.1 Å². The number of carbonyl (C=O) groups excluding carboxylic acids is 2. The number of benzene rings is 1. The summed E-state index contributed by atoms with van der Waals surface area (Å²) in [5.41, 5.74) is 0.803. The van der Waals surface area contributed by atoms with Crippen molar-refractivity contribution in [3.63, 3.8) is 0 Å². The molecule has 7 heteroatoms. The molecule has 0 atom stereocenters. The summed E-state index contributed by atoms with van der Waals surface area (Å²) in [7, 11) is 0. The maximum atomic E-state index is 13.3. The van der Waals surface area contributed by atoms with Crippen molar-refractivity contribution in [1.29, 1.82) is 0 Å². The average Bonchev–Trinajstić information content (AvgIpc) is 3.15. The number of rotatable bonds is 12. The standard InChI is InChI=1S/C23H31FN2O4/c1-4-22(27)25(13-6-14-29-5-2)17-23(28)26(16-21-12-7-18(3)30-21)15-19-8-10-20(24)11-9-19/h7-12H,4-6,13-17H2,1-3H3. The van der Waals surface area contributed by atoms with E-state index in [-0.39, 0.29) is 30.7 Å². The summed E-state index contributed by atoms with van der Waals surface area (Å²) in [4.78, 5) is 28.7. The highest BCUT2D eigenvalue weighted by molar-refractivity contribution is 5.84. The molecule has 1 aromatic heterocycles. The number of furan rings is 1. The number of hydrogen-bond acceptors (Lipinski definition) is 4. The van der Waals surface area contributed by atoms with Crippen molar-refractivity contribution in [2.24, 2.45) is 0 Å². The SMILES string of the molecule is CCOCCCN(CC(=O)N(Cc1ccc(F)cc1)Cc1ccc(C)o1)C(=O)CC. The van der Waals surface area contributed by atoms with Crippen molar-refractivity contribution in [2.45, 2.75) is 46.7 Å². The maximum absolute atomic E-state index is 13.3. The number of aryl methyl sites for hydroxylation is 1. The zero-order valence-corrected chi connectivity index (χ0v) is 18.0. The fourth-order valence-electron chi connectivity index (χ4n) is 3.08. The van der Waals surface area contributed by atoms with Gasteiger partial charge in [-0.05, 0) is 50.1 Å². The van der Waals surface area contributed by atoms with E-state index in [4.69, 9.17) is 9.15 Å². The van der Waals surface area contributed by atoms with Crippen molar-refractivity contribution in [3.05, 3.63) is 59.3 Å². The van der Waals surface area contributed by atoms with Crippen LogP contribution in [0.15, 0.2) is 40.8 Å². The smallest absolute Gasteiger partial charge is 0.242 e. The van der Waals surface area contributed by atoms with E-state index >= 15 is 0 Å². The molecular weight excluding hydrogens is 387 g/mol. The summed E-state index contributed by atoms with van der Waals surface area (Å²) in [6, 6.07) is 9.72. The van der Waals surface area contributed by atoms with Crippen LogP contribution >= 0.6 is 0 Å². The Bertz CT molecular complexity index is 804. The second-order valence-electron chi connectivity index (χ2n) is 7.11. The minimum atomic E-state index is -0.327. The zero-order valence-electron chi connectivity index (χ0n) is 18.0. The first-order chi connectivity index (χ1) is 14.4. The molecule has 30 heavy (non-hydrogen) atoms. The quantitative estimate of drug-likeness (QED) is 0.490. The molecule has 164 valence electrons. The van der Waals surface area contributed by atoms with Gasteiger partial charge < -0.3 is 19.0 Å². The van der Waals surface area contributed by atoms with Gasteiger partial charge in [-0.1, -0.05) is 19.1 Å². The first-order valence-corrected chi connectivity index (χ1v) is 10.4. The Kier molecular flexibility index (Phi) is 9.54. The minimum absolute atomic E-state index is 0.0142. The van der Waals surface area contributed by atoms with Crippen molar-refractivity contribution >= 4 is 11.8 Å². The van der Waals surface area contributed by atoms with E-state index in [0.29, 0.717) is 44.9 Å². The molecule has 0 fully saturated rings. The van der Waals surface area contributed by atoms with Gasteiger partial charge in [0, 0.05) is 32.7 Å². The average molecular weight is 419 g/mol. The van der Waals surface area contributed by atoms with E-state index in [1.54, 1.807) is 28.9 Å². The molecule has 0 aliphatic rings. The lowest BCUT2D eigenvalue weighted by Crippen LogP contribution is -2.42. The van der Waals surface area contributed by atoms with Crippen molar-refractivity contribution < 1.29 is 23.1 Å². The number of halogens is 1. The molecule has 0 bridgehead atoms. The number of nitrogens with zero attached hydrogens (tertiary/aromatic N) is 2. The van der Waals surface area contributed by atoms with Crippen LogP contribution < -0.4 is 0 Å². The van der Waals surface area contributed by atoms with E-state index in [0.717, 1.165) is 11.3 Å². The van der Waals surface area contributed by atoms with E-state index in [1.807, 2.05) is 26.0 Å². The zero-order chi connectivity index (χ0) is 21.9. The minimum Gasteiger partial charge on any atom is -0.464 e. The molecule has 6 nitrogen and oxygen atoms in total. The molecule has 2 amide bonds. The Labute approximate surface area is 177 Å². The topological polar surface area (TPSA) is 63.0 Å². The molecule has 2 aromatic rings. The lowest BCUT2D eigenvalue weighted by molar-refractivity contribution is -0.141. The molecule has 0 aliphatic carbocycles. The fraction of sp³-hybridized carbons (Fsp3) is 0.478. The highest BCUT2D eigenvalue weighted by atomic mass is 19.1. The predicted molar refractivity (Wildman–Crippen MR) is 112 cm³/mol. The molecule has 0 radical (unpaired) electrons. The van der Waals surface area contributed by atoms with Crippen LogP contribution in [0.2, 0.25) is 0 Å². The Morgan fingerprint density at radius 1 is 1.00 bits per heavy atom. The van der Waals surface area contributed by atoms with Crippen LogP contribution in [0.1, 0.15) is 43.8 Å². The van der Waals surface area contributed by atoms with E-state index in [2.05, 4.69) is 0 Å². The lowest BCUT2D eigenvalue weighted by atomic mass is 10.2. The van der Waals surface area contributed by atoms with Gasteiger partial charge in [0.25, 0.3) is 0 Å². The first-order valence-electron chi connectivity index (χ1n) is 10.4. The second-order valence-corrected chi connectivity index (χ2v) is 7.11. The van der Waals surface area contributed by atoms with Crippen LogP contribution in [-0.2, 0) is 27.4 Å². The number of hydrogen-bond donors (Lipinski definition) is 0. The molecule has 0 aliphatic heterocycles. The summed E-state index contributed by atoms with van der Waals surface area (Å²) in [5, 5.41) is 0. The highest BCUT2D eigenvalue weighted by Crippen LogP contribution is 2.14. The van der Waals surface area contributed by atoms with Gasteiger partial charge in [0.15, 0.2) is 0 Å². The van der Waals surface area contributed by atoms with Gasteiger partial charge in [0.1, 0.15) is 17.3 Å². The molecule has 0 saturated heterocycles. The lowest BCUT2D eigenvalue weighted by Gasteiger charge is -2.27. The van der Waals surface area contributed by atoms with Gasteiger partial charge in [-0.15, -0.1) is 0 Å². The Hall–Kier alpha value is -2.67. The van der Waals surface area contributed by atoms with Crippen LogP contribution in [0.4, 0.5) is 4.39 Å². The summed E-state index contributed by atoms with van der Waals surface area (Å²) < 4.78 is 24.2. The molecule has 1 aromatic carbocycles. The van der Waals surface area contributed by atoms with Crippen LogP contribution in [0, 0.1) is 12.7 Å². The third-order valence-electron chi connectivity index (χ3n) is 4.68. The first kappa shape index (κ1) is 23.6. The third-order valence-corrected chi connectivity index (χ3v) is 4.68. The number of ether oxygens (including phenoxy) is 1. The van der Waals surface area contributed by atoms with Gasteiger partial charge in [-0.25, -0.2) is 4.39 Å².